The van der Waals surface area contributed by atoms with Gasteiger partial charge in [-0.3, -0.25) is 14.4 Å². The van der Waals surface area contributed by atoms with Crippen LogP contribution >= 0.6 is 0 Å². The molecule has 0 saturated heterocycles. The number of carboxylic acid groups (broad SMARTS) is 1. The number of hydrogen-bond acceptors (Lipinski definition) is 6. The van der Waals surface area contributed by atoms with E-state index in [0.29, 0.717) is 11.1 Å². The number of carbonyl (C=O) groups excluding carboxylic acids is 3. The Bertz CT molecular complexity index is 1250. The summed E-state index contributed by atoms with van der Waals surface area (Å²) in [5.74, 6) is -2.84. The summed E-state index contributed by atoms with van der Waals surface area (Å²) in [6.45, 7) is 0. The van der Waals surface area contributed by atoms with Crippen molar-refractivity contribution in [2.45, 2.75) is 24.9 Å². The van der Waals surface area contributed by atoms with Gasteiger partial charge in [0.05, 0.1) is 19.6 Å². The second kappa shape index (κ2) is 12.8. The molecule has 1 aliphatic rings. The van der Waals surface area contributed by atoms with Gasteiger partial charge in [-0.15, -0.1) is 13.2 Å². The van der Waals surface area contributed by atoms with E-state index in [1.807, 2.05) is 0 Å². The topological polar surface area (TPSA) is 134 Å². The van der Waals surface area contributed by atoms with Crippen molar-refractivity contribution in [2.75, 3.05) is 14.2 Å². The number of rotatable bonds is 8. The summed E-state index contributed by atoms with van der Waals surface area (Å²) in [4.78, 5) is 49.6. The number of ketones is 1. The van der Waals surface area contributed by atoms with E-state index in [1.165, 1.54) is 50.7 Å². The molecular weight excluding hydrogens is 522 g/mol. The van der Waals surface area contributed by atoms with Gasteiger partial charge in [-0.2, -0.15) is 0 Å². The monoisotopic (exact) mass is 545 g/mol. The number of nitrogens with zero attached hydrogens (tertiary/aromatic N) is 1. The first-order chi connectivity index (χ1) is 17.4. The molecule has 2 aromatic carbocycles. The van der Waals surface area contributed by atoms with E-state index in [-0.39, 0.29) is 40.9 Å². The van der Waals surface area contributed by atoms with Gasteiger partial charge in [0, 0.05) is 19.3 Å². The van der Waals surface area contributed by atoms with Crippen LogP contribution in [-0.2, 0) is 14.4 Å². The predicted octanol–water partition coefficient (Wildman–Crippen LogP) is 2.35. The third kappa shape index (κ3) is 8.23. The summed E-state index contributed by atoms with van der Waals surface area (Å²) in [6.07, 6.45) is -3.12. The summed E-state index contributed by atoms with van der Waals surface area (Å²) in [5.41, 5.74) is 0.893. The minimum absolute atomic E-state index is 0. The van der Waals surface area contributed by atoms with Crippen LogP contribution in [0.2, 0.25) is 0 Å². The number of halogens is 3. The molecule has 0 radical (unpaired) electrons. The molecule has 0 bridgehead atoms. The molecule has 2 atom stereocenters. The van der Waals surface area contributed by atoms with Crippen molar-refractivity contribution in [2.24, 2.45) is 0 Å². The third-order valence-electron chi connectivity index (χ3n) is 5.27. The molecule has 198 valence electrons. The second-order valence-electron chi connectivity index (χ2n) is 7.94. The van der Waals surface area contributed by atoms with Crippen molar-refractivity contribution in [3.8, 4) is 22.6 Å². The average Bonchev–Trinajstić information content (AvgIpc) is 2.82. The molecule has 0 aliphatic carbocycles. The van der Waals surface area contributed by atoms with E-state index in [9.17, 15) is 37.5 Å². The molecule has 14 heteroatoms. The van der Waals surface area contributed by atoms with Crippen molar-refractivity contribution in [1.82, 2.24) is 15.5 Å². The van der Waals surface area contributed by atoms with Gasteiger partial charge in [0.1, 0.15) is 11.5 Å². The summed E-state index contributed by atoms with van der Waals surface area (Å²) >= 11 is 0. The van der Waals surface area contributed by atoms with Gasteiger partial charge < -0.3 is 30.1 Å². The van der Waals surface area contributed by atoms with Crippen molar-refractivity contribution in [1.29, 1.82) is 0 Å². The number of hydrogen-bond donors (Lipinski definition) is 3. The van der Waals surface area contributed by atoms with Crippen LogP contribution in [0.15, 0.2) is 54.7 Å². The Kier molecular flexibility index (Phi) is 10.3. The van der Waals surface area contributed by atoms with Gasteiger partial charge in [0.25, 0.3) is 5.91 Å². The first-order valence-corrected chi connectivity index (χ1v) is 10.7. The zero-order valence-electron chi connectivity index (χ0n) is 19.5. The maximum atomic E-state index is 12.7. The first-order valence-electron chi connectivity index (χ1n) is 10.7. The Balaban J connectivity index is 0.00000507. The molecule has 0 spiro atoms. The normalized spacial score (nSPS) is 15.8. The van der Waals surface area contributed by atoms with Crippen LogP contribution in [0.5, 0.6) is 11.5 Å². The van der Waals surface area contributed by atoms with Crippen LogP contribution in [-0.4, -0.2) is 89.8 Å². The van der Waals surface area contributed by atoms with E-state index < -0.39 is 54.3 Å². The molecule has 3 rings (SSSR count). The molecule has 3 N–H and O–H groups in total. The minimum atomic E-state index is -4.90. The van der Waals surface area contributed by atoms with E-state index in [2.05, 4.69) is 15.4 Å². The standard InChI is InChI=1S/C24H22F3N3O7.Na.H/c1-30-7-6-19(31)21(22(30)34)29-23(35)28-18(12-20(32)33)15-8-14(10-17(11-15)36-2)13-4-3-5-16(9-13)37-24(25,26)27;;/h3-11,18,21H,12H2,1-2H3,(H,32,33)(H2,28,29,35);;/t18-,21?;;/m0../s1. The molecule has 2 aromatic rings. The molecule has 1 unspecified atom stereocenters. The second-order valence-corrected chi connectivity index (χ2v) is 7.94. The fraction of sp³-hybridized carbons (Fsp3) is 0.250. The van der Waals surface area contributed by atoms with Crippen LogP contribution in [0.25, 0.3) is 11.1 Å². The number of urea groups is 1. The van der Waals surface area contributed by atoms with E-state index in [0.717, 1.165) is 23.1 Å². The number of methoxy groups -OCH3 is 1. The summed E-state index contributed by atoms with van der Waals surface area (Å²) in [7, 11) is 2.74. The van der Waals surface area contributed by atoms with Crippen molar-refractivity contribution in [3.05, 3.63) is 60.3 Å². The number of nitrogens with one attached hydrogen (secondary N) is 2. The predicted molar refractivity (Wildman–Crippen MR) is 130 cm³/mol. The zero-order valence-corrected chi connectivity index (χ0v) is 19.5. The van der Waals surface area contributed by atoms with E-state index >= 15 is 0 Å². The Labute approximate surface area is 237 Å². The fourth-order valence-corrected chi connectivity index (χ4v) is 3.55. The molecule has 0 aromatic heterocycles. The fourth-order valence-electron chi connectivity index (χ4n) is 3.55. The summed E-state index contributed by atoms with van der Waals surface area (Å²) in [5, 5.41) is 14.1. The molecule has 0 fully saturated rings. The van der Waals surface area contributed by atoms with Crippen LogP contribution < -0.4 is 20.1 Å². The van der Waals surface area contributed by atoms with Gasteiger partial charge in [0.15, 0.2) is 11.8 Å². The van der Waals surface area contributed by atoms with Gasteiger partial charge >= 0.3 is 47.9 Å². The number of aliphatic carboxylic acids is 1. The molecule has 38 heavy (non-hydrogen) atoms. The molecule has 1 aliphatic heterocycles. The van der Waals surface area contributed by atoms with Gasteiger partial charge in [-0.05, 0) is 47.0 Å². The Morgan fingerprint density at radius 1 is 1.11 bits per heavy atom. The Morgan fingerprint density at radius 2 is 1.79 bits per heavy atom. The van der Waals surface area contributed by atoms with Crippen LogP contribution in [0.4, 0.5) is 18.0 Å². The molecule has 1 heterocycles. The average molecular weight is 545 g/mol. The number of benzene rings is 2. The number of carbonyl (C=O) groups is 4. The number of ether oxygens (including phenoxy) is 2. The van der Waals surface area contributed by atoms with Gasteiger partial charge in [-0.25, -0.2) is 4.79 Å². The zero-order chi connectivity index (χ0) is 27.3. The van der Waals surface area contributed by atoms with Gasteiger partial charge in [-0.1, -0.05) is 12.1 Å². The van der Waals surface area contributed by atoms with Gasteiger partial charge in [0.2, 0.25) is 0 Å². The molecular formula is C24H23F3N3NaO7. The molecule has 0 saturated carbocycles. The molecule has 3 amide bonds. The number of likely N-dealkylation sites (N-methyl/N-ethyl adjacent to an activating group) is 1. The number of alkyl halides is 3. The van der Waals surface area contributed by atoms with Crippen LogP contribution in [0, 0.1) is 0 Å². The number of amides is 3. The number of carboxylic acids is 1. The summed E-state index contributed by atoms with van der Waals surface area (Å²) < 4.78 is 47.2. The first kappa shape index (κ1) is 30.7. The Morgan fingerprint density at radius 3 is 2.42 bits per heavy atom. The quantitative estimate of drug-likeness (QED) is 0.343. The SMILES string of the molecule is COc1cc(-c2cccc(OC(F)(F)F)c2)cc([C@H](CC(=O)O)NC(=O)NC2C(=O)C=CN(C)C2=O)c1.[NaH]. The van der Waals surface area contributed by atoms with Crippen molar-refractivity contribution >= 4 is 53.2 Å². The van der Waals surface area contributed by atoms with Crippen molar-refractivity contribution < 1.29 is 46.9 Å². The molecule has 10 nitrogen and oxygen atoms in total. The third-order valence-corrected chi connectivity index (χ3v) is 5.27. The summed E-state index contributed by atoms with van der Waals surface area (Å²) in [6, 6.07) is 5.92. The van der Waals surface area contributed by atoms with E-state index in [4.69, 9.17) is 4.74 Å². The van der Waals surface area contributed by atoms with E-state index in [1.54, 1.807) is 0 Å². The van der Waals surface area contributed by atoms with Crippen molar-refractivity contribution in [3.63, 3.8) is 0 Å². The van der Waals surface area contributed by atoms with Crippen LogP contribution in [0.3, 0.4) is 0 Å². The van der Waals surface area contributed by atoms with Crippen LogP contribution in [0.1, 0.15) is 18.0 Å². The Hall–Kier alpha value is -3.55. The maximum absolute atomic E-state index is 12.7.